The van der Waals surface area contributed by atoms with Crippen LogP contribution in [-0.4, -0.2) is 96.2 Å². The fourth-order valence-corrected chi connectivity index (χ4v) is 4.80. The number of carbonyl (C=O) groups is 2. The number of aromatic hydroxyl groups is 2. The SMILES string of the molecule is CN(C)CCNc1ccc(NCCN2CCCC2CO)c2c1C(=O)c1c(O)ccc(O)c1C2=O. The molecule has 9 heteroatoms. The lowest BCUT2D eigenvalue weighted by atomic mass is 9.81. The molecular formula is C25H32N4O5. The molecule has 5 N–H and O–H groups in total. The van der Waals surface area contributed by atoms with Crippen LogP contribution in [0.3, 0.4) is 0 Å². The Balaban J connectivity index is 1.68. The Hall–Kier alpha value is -3.14. The summed E-state index contributed by atoms with van der Waals surface area (Å²) in [6, 6.07) is 6.12. The van der Waals surface area contributed by atoms with Crippen LogP contribution >= 0.6 is 0 Å². The van der Waals surface area contributed by atoms with Gasteiger partial charge in [0, 0.05) is 43.6 Å². The van der Waals surface area contributed by atoms with Gasteiger partial charge in [0.15, 0.2) is 0 Å². The van der Waals surface area contributed by atoms with Crippen LogP contribution in [0.15, 0.2) is 24.3 Å². The summed E-state index contributed by atoms with van der Waals surface area (Å²) in [5, 5.41) is 36.8. The van der Waals surface area contributed by atoms with E-state index in [1.54, 1.807) is 12.1 Å². The molecule has 0 aromatic heterocycles. The molecule has 1 fully saturated rings. The second-order valence-corrected chi connectivity index (χ2v) is 9.09. The van der Waals surface area contributed by atoms with Gasteiger partial charge in [0.25, 0.3) is 0 Å². The number of benzene rings is 2. The van der Waals surface area contributed by atoms with E-state index in [4.69, 9.17) is 0 Å². The number of phenolic OH excluding ortho intramolecular Hbond substituents is 2. The van der Waals surface area contributed by atoms with Crippen LogP contribution in [-0.2, 0) is 0 Å². The van der Waals surface area contributed by atoms with Crippen molar-refractivity contribution in [3.63, 3.8) is 0 Å². The Bertz CT molecular complexity index is 1100. The summed E-state index contributed by atoms with van der Waals surface area (Å²) < 4.78 is 0. The maximum absolute atomic E-state index is 13.6. The van der Waals surface area contributed by atoms with Gasteiger partial charge < -0.3 is 30.9 Å². The van der Waals surface area contributed by atoms with E-state index in [0.29, 0.717) is 31.0 Å². The average Bonchev–Trinajstić information content (AvgIpc) is 3.26. The van der Waals surface area contributed by atoms with Crippen LogP contribution in [0, 0.1) is 0 Å². The van der Waals surface area contributed by atoms with E-state index in [1.807, 2.05) is 19.0 Å². The number of anilines is 2. The van der Waals surface area contributed by atoms with Crippen LogP contribution in [0.1, 0.15) is 44.7 Å². The molecule has 1 heterocycles. The molecule has 9 nitrogen and oxygen atoms in total. The quantitative estimate of drug-likeness (QED) is 0.299. The zero-order valence-corrected chi connectivity index (χ0v) is 19.6. The third-order valence-electron chi connectivity index (χ3n) is 6.57. The average molecular weight is 469 g/mol. The summed E-state index contributed by atoms with van der Waals surface area (Å²) in [5.74, 6) is -1.69. The smallest absolute Gasteiger partial charge is 0.200 e. The molecule has 0 spiro atoms. The van der Waals surface area contributed by atoms with Crippen molar-refractivity contribution in [3.8, 4) is 11.5 Å². The van der Waals surface area contributed by atoms with Gasteiger partial charge in [-0.2, -0.15) is 0 Å². The third kappa shape index (κ3) is 4.46. The van der Waals surface area contributed by atoms with Crippen molar-refractivity contribution in [2.45, 2.75) is 18.9 Å². The van der Waals surface area contributed by atoms with Crippen molar-refractivity contribution in [1.29, 1.82) is 0 Å². The number of nitrogens with zero attached hydrogens (tertiary/aromatic N) is 2. The molecular weight excluding hydrogens is 436 g/mol. The lowest BCUT2D eigenvalue weighted by molar-refractivity contribution is 0.0975. The summed E-state index contributed by atoms with van der Waals surface area (Å²) in [4.78, 5) is 31.3. The van der Waals surface area contributed by atoms with Gasteiger partial charge >= 0.3 is 0 Å². The number of hydrogen-bond acceptors (Lipinski definition) is 9. The van der Waals surface area contributed by atoms with Crippen LogP contribution in [0.5, 0.6) is 11.5 Å². The number of rotatable bonds is 9. The van der Waals surface area contributed by atoms with E-state index in [0.717, 1.165) is 25.9 Å². The summed E-state index contributed by atoms with van der Waals surface area (Å²) in [6.45, 7) is 3.53. The number of nitrogens with one attached hydrogen (secondary N) is 2. The van der Waals surface area contributed by atoms with Gasteiger partial charge in [0.1, 0.15) is 11.5 Å². The highest BCUT2D eigenvalue weighted by atomic mass is 16.3. The molecule has 34 heavy (non-hydrogen) atoms. The summed E-state index contributed by atoms with van der Waals surface area (Å²) in [6.07, 6.45) is 2.01. The maximum Gasteiger partial charge on any atom is 0.200 e. The van der Waals surface area contributed by atoms with Crippen molar-refractivity contribution < 1.29 is 24.9 Å². The summed E-state index contributed by atoms with van der Waals surface area (Å²) >= 11 is 0. The van der Waals surface area contributed by atoms with Gasteiger partial charge in [0.2, 0.25) is 11.6 Å². The second kappa shape index (κ2) is 10.0. The van der Waals surface area contributed by atoms with Gasteiger partial charge in [-0.15, -0.1) is 0 Å². The molecule has 1 saturated heterocycles. The molecule has 0 amide bonds. The number of aliphatic hydroxyl groups excluding tert-OH is 1. The monoisotopic (exact) mass is 468 g/mol. The topological polar surface area (TPSA) is 125 Å². The van der Waals surface area contributed by atoms with Crippen molar-refractivity contribution in [1.82, 2.24) is 9.80 Å². The number of fused-ring (bicyclic) bond motifs is 2. The number of hydrogen-bond donors (Lipinski definition) is 5. The minimum Gasteiger partial charge on any atom is -0.507 e. The van der Waals surface area contributed by atoms with Crippen molar-refractivity contribution in [2.24, 2.45) is 0 Å². The Labute approximate surface area is 199 Å². The lowest BCUT2D eigenvalue weighted by Gasteiger charge is -2.26. The summed E-state index contributed by atoms with van der Waals surface area (Å²) in [7, 11) is 3.88. The molecule has 2 aromatic carbocycles. The lowest BCUT2D eigenvalue weighted by Crippen LogP contribution is -2.36. The predicted molar refractivity (Wildman–Crippen MR) is 130 cm³/mol. The first kappa shape index (κ1) is 24.0. The van der Waals surface area contributed by atoms with E-state index < -0.39 is 11.6 Å². The minimum absolute atomic E-state index is 0.120. The van der Waals surface area contributed by atoms with Crippen molar-refractivity contribution in [2.75, 3.05) is 64.1 Å². The molecule has 4 rings (SSSR count). The number of likely N-dealkylation sites (N-methyl/N-ethyl adjacent to an activating group) is 1. The van der Waals surface area contributed by atoms with E-state index >= 15 is 0 Å². The molecule has 1 unspecified atom stereocenters. The fraction of sp³-hybridized carbons (Fsp3) is 0.440. The molecule has 1 aliphatic heterocycles. The van der Waals surface area contributed by atoms with Gasteiger partial charge in [-0.25, -0.2) is 0 Å². The molecule has 0 radical (unpaired) electrons. The van der Waals surface area contributed by atoms with Gasteiger partial charge in [-0.05, 0) is 57.7 Å². The first-order valence-electron chi connectivity index (χ1n) is 11.6. The van der Waals surface area contributed by atoms with E-state index in [1.165, 1.54) is 12.1 Å². The molecule has 2 aliphatic rings. The highest BCUT2D eigenvalue weighted by Gasteiger charge is 2.38. The zero-order valence-electron chi connectivity index (χ0n) is 19.6. The molecule has 1 atom stereocenters. The zero-order chi connectivity index (χ0) is 24.4. The highest BCUT2D eigenvalue weighted by molar-refractivity contribution is 6.33. The number of carbonyl (C=O) groups excluding carboxylic acids is 2. The Morgan fingerprint density at radius 3 is 2.00 bits per heavy atom. The normalized spacial score (nSPS) is 17.7. The first-order valence-corrected chi connectivity index (χ1v) is 11.6. The van der Waals surface area contributed by atoms with Crippen LogP contribution in [0.25, 0.3) is 0 Å². The minimum atomic E-state index is -0.508. The number of phenols is 2. The Kier molecular flexibility index (Phi) is 7.06. The van der Waals surface area contributed by atoms with Crippen molar-refractivity contribution in [3.05, 3.63) is 46.5 Å². The van der Waals surface area contributed by atoms with Crippen LogP contribution < -0.4 is 10.6 Å². The number of likely N-dealkylation sites (tertiary alicyclic amines) is 1. The van der Waals surface area contributed by atoms with Crippen LogP contribution in [0.2, 0.25) is 0 Å². The van der Waals surface area contributed by atoms with E-state index in [9.17, 15) is 24.9 Å². The number of ketones is 2. The third-order valence-corrected chi connectivity index (χ3v) is 6.57. The van der Waals surface area contributed by atoms with Crippen LogP contribution in [0.4, 0.5) is 11.4 Å². The Morgan fingerprint density at radius 1 is 0.912 bits per heavy atom. The van der Waals surface area contributed by atoms with Crippen molar-refractivity contribution >= 4 is 22.9 Å². The van der Waals surface area contributed by atoms with Gasteiger partial charge in [-0.3, -0.25) is 14.5 Å². The van der Waals surface area contributed by atoms with E-state index in [2.05, 4.69) is 15.5 Å². The standard InChI is InChI=1S/C25H32N4O5/c1-28(2)12-9-26-16-5-6-17(27-10-13-29-11-3-4-15(29)14-30)21-20(16)24(33)22-18(31)7-8-19(32)23(22)25(21)34/h5-8,15,26-27,30-32H,3-4,9-14H2,1-2H3. The largest absolute Gasteiger partial charge is 0.507 e. The summed E-state index contributed by atoms with van der Waals surface area (Å²) in [5.41, 5.74) is 1.04. The maximum atomic E-state index is 13.6. The molecule has 1 aliphatic carbocycles. The molecule has 182 valence electrons. The number of aliphatic hydroxyl groups is 1. The second-order valence-electron chi connectivity index (χ2n) is 9.09. The Morgan fingerprint density at radius 2 is 1.47 bits per heavy atom. The van der Waals surface area contributed by atoms with Gasteiger partial charge in [-0.1, -0.05) is 0 Å². The molecule has 2 aromatic rings. The van der Waals surface area contributed by atoms with Gasteiger partial charge in [0.05, 0.1) is 28.9 Å². The fourth-order valence-electron chi connectivity index (χ4n) is 4.80. The first-order chi connectivity index (χ1) is 16.3. The predicted octanol–water partition coefficient (Wildman–Crippen LogP) is 1.72. The van der Waals surface area contributed by atoms with E-state index in [-0.39, 0.29) is 46.4 Å². The highest BCUT2D eigenvalue weighted by Crippen LogP contribution is 2.42. The molecule has 0 saturated carbocycles. The molecule has 0 bridgehead atoms.